The molecule has 2 aromatic rings. The van der Waals surface area contributed by atoms with Gasteiger partial charge in [-0.1, -0.05) is 31.5 Å². The van der Waals surface area contributed by atoms with E-state index in [1.165, 1.54) is 0 Å². The van der Waals surface area contributed by atoms with E-state index in [4.69, 9.17) is 9.47 Å². The Labute approximate surface area is 166 Å². The van der Waals surface area contributed by atoms with Gasteiger partial charge < -0.3 is 9.47 Å². The first kappa shape index (κ1) is 20.3. The average molecular weight is 385 g/mol. The van der Waals surface area contributed by atoms with Crippen molar-refractivity contribution in [3.8, 4) is 11.5 Å². The van der Waals surface area contributed by atoms with Crippen LogP contribution in [0.1, 0.15) is 60.1 Å². The minimum atomic E-state index is -0.597. The highest BCUT2D eigenvalue weighted by Crippen LogP contribution is 2.38. The van der Waals surface area contributed by atoms with Crippen LogP contribution in [0.5, 0.6) is 11.5 Å². The van der Waals surface area contributed by atoms with E-state index >= 15 is 4.39 Å². The van der Waals surface area contributed by atoms with Gasteiger partial charge in [0.05, 0.1) is 6.61 Å². The number of hydrogen-bond donors (Lipinski definition) is 0. The monoisotopic (exact) mass is 385 g/mol. The fourth-order valence-electron chi connectivity index (χ4n) is 3.67. The predicted molar refractivity (Wildman–Crippen MR) is 108 cm³/mol. The minimum Gasteiger partial charge on any atom is -0.493 e. The maximum Gasteiger partial charge on any atom is 0.347 e. The quantitative estimate of drug-likeness (QED) is 0.368. The molecule has 1 aliphatic heterocycles. The number of hydrogen-bond acceptors (Lipinski definition) is 4. The number of nitrogens with zero attached hydrogens (tertiary/aromatic N) is 1. The summed E-state index contributed by atoms with van der Waals surface area (Å²) in [6, 6.07) is 10.5. The van der Waals surface area contributed by atoms with Crippen molar-refractivity contribution in [2.24, 2.45) is 0 Å². The molecule has 150 valence electrons. The Hall–Kier alpha value is -2.40. The number of carbonyl (C=O) groups excluding carboxylic acids is 1. The lowest BCUT2D eigenvalue weighted by molar-refractivity contribution is 0.0728. The molecule has 0 aliphatic carbocycles. The number of halogens is 1. The minimum absolute atomic E-state index is 0.00594. The zero-order valence-corrected chi connectivity index (χ0v) is 16.8. The van der Waals surface area contributed by atoms with Gasteiger partial charge in [0.15, 0.2) is 0 Å². The van der Waals surface area contributed by atoms with Crippen molar-refractivity contribution in [1.82, 2.24) is 4.90 Å². The average Bonchev–Trinajstić information content (AvgIpc) is 3.11. The highest BCUT2D eigenvalue weighted by Gasteiger charge is 2.30. The van der Waals surface area contributed by atoms with Crippen LogP contribution in [-0.4, -0.2) is 31.1 Å². The summed E-state index contributed by atoms with van der Waals surface area (Å²) in [6.45, 7) is 5.12. The molecule has 0 spiro atoms. The second kappa shape index (κ2) is 9.20. The largest absolute Gasteiger partial charge is 0.493 e. The van der Waals surface area contributed by atoms with Gasteiger partial charge in [0, 0.05) is 17.2 Å². The SMILES string of the molecule is CCCCOc1cc(C2CCCN2C)c(F)c(C)c1C(=O)Oc1ccccc1. The third kappa shape index (κ3) is 4.36. The van der Waals surface area contributed by atoms with E-state index in [1.807, 2.05) is 13.1 Å². The van der Waals surface area contributed by atoms with Crippen LogP contribution in [0.2, 0.25) is 0 Å². The second-order valence-electron chi connectivity index (χ2n) is 7.32. The number of esters is 1. The van der Waals surface area contributed by atoms with E-state index < -0.39 is 5.97 Å². The summed E-state index contributed by atoms with van der Waals surface area (Å²) < 4.78 is 26.7. The van der Waals surface area contributed by atoms with Gasteiger partial charge in [-0.25, -0.2) is 9.18 Å². The van der Waals surface area contributed by atoms with E-state index in [0.717, 1.165) is 32.2 Å². The van der Waals surface area contributed by atoms with Crippen molar-refractivity contribution in [3.05, 3.63) is 58.9 Å². The summed E-state index contributed by atoms with van der Waals surface area (Å²) in [5, 5.41) is 0. The van der Waals surface area contributed by atoms with Crippen LogP contribution >= 0.6 is 0 Å². The van der Waals surface area contributed by atoms with Gasteiger partial charge in [0.2, 0.25) is 0 Å². The summed E-state index contributed by atoms with van der Waals surface area (Å²) >= 11 is 0. The molecule has 5 heteroatoms. The van der Waals surface area contributed by atoms with E-state index in [9.17, 15) is 4.79 Å². The maximum atomic E-state index is 15.3. The van der Waals surface area contributed by atoms with E-state index in [0.29, 0.717) is 23.7 Å². The Morgan fingerprint density at radius 3 is 2.68 bits per heavy atom. The summed E-state index contributed by atoms with van der Waals surface area (Å²) in [5.41, 5.74) is 1.05. The third-order valence-corrected chi connectivity index (χ3v) is 5.28. The van der Waals surface area contributed by atoms with Gasteiger partial charge in [0.25, 0.3) is 0 Å². The first-order valence-corrected chi connectivity index (χ1v) is 9.96. The zero-order valence-electron chi connectivity index (χ0n) is 16.8. The molecule has 1 saturated heterocycles. The van der Waals surface area contributed by atoms with Crippen LogP contribution in [0.4, 0.5) is 4.39 Å². The van der Waals surface area contributed by atoms with Crippen molar-refractivity contribution in [3.63, 3.8) is 0 Å². The summed E-state index contributed by atoms with van der Waals surface area (Å²) in [7, 11) is 2.00. The molecule has 1 unspecified atom stereocenters. The standard InChI is InChI=1S/C23H28FNO3/c1-4-5-14-27-20-15-18(19-12-9-13-25(19)3)22(24)16(2)21(20)23(26)28-17-10-7-6-8-11-17/h6-8,10-11,15,19H,4-5,9,12-14H2,1-3H3. The highest BCUT2D eigenvalue weighted by atomic mass is 19.1. The molecular weight excluding hydrogens is 357 g/mol. The number of unbranched alkanes of at least 4 members (excludes halogenated alkanes) is 1. The predicted octanol–water partition coefficient (Wildman–Crippen LogP) is 5.30. The number of rotatable bonds is 7. The topological polar surface area (TPSA) is 38.8 Å². The first-order valence-electron chi connectivity index (χ1n) is 9.96. The van der Waals surface area contributed by atoms with Gasteiger partial charge in [-0.3, -0.25) is 4.90 Å². The summed E-state index contributed by atoms with van der Waals surface area (Å²) in [5.74, 6) is -0.114. The molecule has 1 fully saturated rings. The lowest BCUT2D eigenvalue weighted by Crippen LogP contribution is -2.21. The molecule has 0 N–H and O–H groups in total. The molecular formula is C23H28FNO3. The Morgan fingerprint density at radius 2 is 2.04 bits per heavy atom. The Bertz CT molecular complexity index is 822. The Balaban J connectivity index is 1.99. The number of carbonyl (C=O) groups is 1. The summed E-state index contributed by atoms with van der Waals surface area (Å²) in [6.07, 6.45) is 3.77. The van der Waals surface area contributed by atoms with Crippen LogP contribution in [0.25, 0.3) is 0 Å². The van der Waals surface area contributed by atoms with Crippen LogP contribution in [0.15, 0.2) is 36.4 Å². The molecule has 3 rings (SSSR count). The summed E-state index contributed by atoms with van der Waals surface area (Å²) in [4.78, 5) is 15.0. The number of likely N-dealkylation sites (tertiary alicyclic amines) is 1. The Kier molecular flexibility index (Phi) is 6.68. The molecule has 1 atom stereocenters. The molecule has 0 amide bonds. The lowest BCUT2D eigenvalue weighted by atomic mass is 9.96. The van der Waals surface area contributed by atoms with Gasteiger partial charge in [-0.15, -0.1) is 0 Å². The molecule has 2 aromatic carbocycles. The fraction of sp³-hybridized carbons (Fsp3) is 0.435. The lowest BCUT2D eigenvalue weighted by Gasteiger charge is -2.23. The van der Waals surface area contributed by atoms with E-state index in [-0.39, 0.29) is 23.0 Å². The van der Waals surface area contributed by atoms with Gasteiger partial charge in [0.1, 0.15) is 22.9 Å². The second-order valence-corrected chi connectivity index (χ2v) is 7.32. The van der Waals surface area contributed by atoms with Crippen molar-refractivity contribution >= 4 is 5.97 Å². The molecule has 0 aromatic heterocycles. The van der Waals surface area contributed by atoms with Crippen molar-refractivity contribution in [2.75, 3.05) is 20.2 Å². The van der Waals surface area contributed by atoms with Crippen LogP contribution < -0.4 is 9.47 Å². The van der Waals surface area contributed by atoms with E-state index in [2.05, 4.69) is 11.8 Å². The van der Waals surface area contributed by atoms with Gasteiger partial charge in [-0.05, 0) is 58.0 Å². The molecule has 0 bridgehead atoms. The third-order valence-electron chi connectivity index (χ3n) is 5.28. The number of para-hydroxylation sites is 1. The van der Waals surface area contributed by atoms with Crippen LogP contribution in [0, 0.1) is 12.7 Å². The highest BCUT2D eigenvalue weighted by molar-refractivity contribution is 5.95. The smallest absolute Gasteiger partial charge is 0.347 e. The number of ether oxygens (including phenoxy) is 2. The molecule has 0 saturated carbocycles. The van der Waals surface area contributed by atoms with Crippen molar-refractivity contribution < 1.29 is 18.7 Å². The van der Waals surface area contributed by atoms with Crippen LogP contribution in [-0.2, 0) is 0 Å². The van der Waals surface area contributed by atoms with E-state index in [1.54, 1.807) is 37.3 Å². The van der Waals surface area contributed by atoms with Gasteiger partial charge in [-0.2, -0.15) is 0 Å². The van der Waals surface area contributed by atoms with Crippen LogP contribution in [0.3, 0.4) is 0 Å². The normalized spacial score (nSPS) is 16.9. The Morgan fingerprint density at radius 1 is 1.29 bits per heavy atom. The molecule has 0 radical (unpaired) electrons. The molecule has 1 heterocycles. The molecule has 28 heavy (non-hydrogen) atoms. The first-order chi connectivity index (χ1) is 13.5. The molecule has 1 aliphatic rings. The van der Waals surface area contributed by atoms with Crippen molar-refractivity contribution in [1.29, 1.82) is 0 Å². The van der Waals surface area contributed by atoms with Crippen molar-refractivity contribution in [2.45, 2.75) is 45.6 Å². The zero-order chi connectivity index (χ0) is 20.1. The maximum absolute atomic E-state index is 15.3. The number of benzene rings is 2. The fourth-order valence-corrected chi connectivity index (χ4v) is 3.67. The van der Waals surface area contributed by atoms with Gasteiger partial charge >= 0.3 is 5.97 Å². The molecule has 4 nitrogen and oxygen atoms in total.